The van der Waals surface area contributed by atoms with Gasteiger partial charge in [-0.15, -0.1) is 0 Å². The van der Waals surface area contributed by atoms with Crippen molar-refractivity contribution in [1.82, 2.24) is 14.5 Å². The second-order valence-corrected chi connectivity index (χ2v) is 4.92. The third kappa shape index (κ3) is 2.54. The lowest BCUT2D eigenvalue weighted by molar-refractivity contribution is 0.343. The molecule has 108 valence electrons. The summed E-state index contributed by atoms with van der Waals surface area (Å²) in [4.78, 5) is 8.76. The van der Waals surface area contributed by atoms with E-state index >= 15 is 0 Å². The fraction of sp³-hybridized carbons (Fsp3) is 0.250. The maximum atomic E-state index is 6.07. The van der Waals surface area contributed by atoms with E-state index in [0.29, 0.717) is 19.1 Å². The number of benzene rings is 1. The standard InChI is InChI=1S/C16H18N4O/c1-3-21-14-6-4-5-13-15(14)19-16(17)20(13)10-12-8-7-11(2)18-9-12/h4-9H,3,10H2,1-2H3,(H2,17,19). The molecule has 0 bridgehead atoms. The van der Waals surface area contributed by atoms with Crippen molar-refractivity contribution in [3.05, 3.63) is 47.8 Å². The Labute approximate surface area is 123 Å². The Kier molecular flexibility index (Phi) is 3.48. The molecule has 3 aromatic rings. The predicted molar refractivity (Wildman–Crippen MR) is 83.4 cm³/mol. The van der Waals surface area contributed by atoms with E-state index in [4.69, 9.17) is 10.5 Å². The van der Waals surface area contributed by atoms with Gasteiger partial charge >= 0.3 is 0 Å². The molecule has 21 heavy (non-hydrogen) atoms. The van der Waals surface area contributed by atoms with Crippen molar-refractivity contribution in [3.8, 4) is 5.75 Å². The van der Waals surface area contributed by atoms with Gasteiger partial charge in [0.2, 0.25) is 5.95 Å². The largest absolute Gasteiger partial charge is 0.492 e. The van der Waals surface area contributed by atoms with Crippen molar-refractivity contribution in [3.63, 3.8) is 0 Å². The first-order valence-electron chi connectivity index (χ1n) is 6.98. The van der Waals surface area contributed by atoms with Crippen LogP contribution in [0.4, 0.5) is 5.95 Å². The summed E-state index contributed by atoms with van der Waals surface area (Å²) >= 11 is 0. The topological polar surface area (TPSA) is 66.0 Å². The Hall–Kier alpha value is -2.56. The number of aromatic nitrogens is 3. The highest BCUT2D eigenvalue weighted by molar-refractivity contribution is 5.84. The average Bonchev–Trinajstić information content (AvgIpc) is 2.79. The molecule has 1 aromatic carbocycles. The fourth-order valence-electron chi connectivity index (χ4n) is 2.35. The van der Waals surface area contributed by atoms with E-state index in [2.05, 4.69) is 16.0 Å². The molecule has 3 rings (SSSR count). The zero-order chi connectivity index (χ0) is 14.8. The van der Waals surface area contributed by atoms with Gasteiger partial charge in [-0.2, -0.15) is 0 Å². The lowest BCUT2D eigenvalue weighted by atomic mass is 10.2. The number of ether oxygens (including phenoxy) is 1. The number of rotatable bonds is 4. The van der Waals surface area contributed by atoms with E-state index in [0.717, 1.165) is 28.0 Å². The summed E-state index contributed by atoms with van der Waals surface area (Å²) in [5.74, 6) is 1.25. The molecule has 0 unspecified atom stereocenters. The molecule has 0 saturated carbocycles. The number of pyridine rings is 1. The molecule has 2 heterocycles. The summed E-state index contributed by atoms with van der Waals surface area (Å²) < 4.78 is 7.59. The number of nitrogen functional groups attached to an aromatic ring is 1. The molecule has 0 amide bonds. The molecule has 0 saturated heterocycles. The Morgan fingerprint density at radius 3 is 2.81 bits per heavy atom. The summed E-state index contributed by atoms with van der Waals surface area (Å²) in [5, 5.41) is 0. The molecular formula is C16H18N4O. The van der Waals surface area contributed by atoms with Crippen molar-refractivity contribution < 1.29 is 4.74 Å². The summed E-state index contributed by atoms with van der Waals surface area (Å²) in [7, 11) is 0. The fourth-order valence-corrected chi connectivity index (χ4v) is 2.35. The van der Waals surface area contributed by atoms with Crippen LogP contribution < -0.4 is 10.5 Å². The number of aryl methyl sites for hydroxylation is 1. The third-order valence-electron chi connectivity index (χ3n) is 3.38. The normalized spacial score (nSPS) is 11.0. The van der Waals surface area contributed by atoms with Crippen LogP contribution in [0, 0.1) is 6.92 Å². The number of fused-ring (bicyclic) bond motifs is 1. The van der Waals surface area contributed by atoms with Crippen molar-refractivity contribution in [1.29, 1.82) is 0 Å². The second kappa shape index (κ2) is 5.44. The first-order valence-corrected chi connectivity index (χ1v) is 6.98. The minimum absolute atomic E-state index is 0.484. The average molecular weight is 282 g/mol. The molecule has 0 radical (unpaired) electrons. The molecule has 0 fully saturated rings. The maximum absolute atomic E-state index is 6.07. The number of nitrogens with two attached hydrogens (primary N) is 1. The van der Waals surface area contributed by atoms with E-state index in [1.54, 1.807) is 0 Å². The smallest absolute Gasteiger partial charge is 0.201 e. The number of imidazole rings is 1. The summed E-state index contributed by atoms with van der Waals surface area (Å²) in [5.41, 5.74) is 9.94. The van der Waals surface area contributed by atoms with Gasteiger partial charge in [0.25, 0.3) is 0 Å². The maximum Gasteiger partial charge on any atom is 0.201 e. The molecule has 2 N–H and O–H groups in total. The Morgan fingerprint density at radius 2 is 2.10 bits per heavy atom. The SMILES string of the molecule is CCOc1cccc2c1nc(N)n2Cc1ccc(C)nc1. The van der Waals surface area contributed by atoms with E-state index in [9.17, 15) is 0 Å². The summed E-state index contributed by atoms with van der Waals surface area (Å²) in [6.45, 7) is 5.18. The van der Waals surface area contributed by atoms with Crippen LogP contribution in [0.1, 0.15) is 18.2 Å². The number of nitrogens with zero attached hydrogens (tertiary/aromatic N) is 3. The number of para-hydroxylation sites is 1. The van der Waals surface area contributed by atoms with E-state index in [-0.39, 0.29) is 0 Å². The van der Waals surface area contributed by atoms with Crippen LogP contribution in [0.15, 0.2) is 36.5 Å². The molecule has 2 aromatic heterocycles. The van der Waals surface area contributed by atoms with Gasteiger partial charge in [-0.05, 0) is 37.6 Å². The quantitative estimate of drug-likeness (QED) is 0.799. The number of anilines is 1. The lowest BCUT2D eigenvalue weighted by Crippen LogP contribution is -2.04. The minimum atomic E-state index is 0.484. The van der Waals surface area contributed by atoms with Gasteiger partial charge in [0.15, 0.2) is 0 Å². The van der Waals surface area contributed by atoms with Crippen LogP contribution in [0.5, 0.6) is 5.75 Å². The van der Waals surface area contributed by atoms with Crippen LogP contribution in [0.3, 0.4) is 0 Å². The summed E-state index contributed by atoms with van der Waals surface area (Å²) in [6.07, 6.45) is 1.87. The highest BCUT2D eigenvalue weighted by Crippen LogP contribution is 2.27. The zero-order valence-corrected chi connectivity index (χ0v) is 12.2. The molecule has 0 aliphatic rings. The summed E-state index contributed by atoms with van der Waals surface area (Å²) in [6, 6.07) is 9.92. The first-order chi connectivity index (χ1) is 10.2. The molecule has 0 aliphatic heterocycles. The first kappa shape index (κ1) is 13.4. The van der Waals surface area contributed by atoms with E-state index < -0.39 is 0 Å². The van der Waals surface area contributed by atoms with Crippen LogP contribution >= 0.6 is 0 Å². The molecular weight excluding hydrogens is 264 g/mol. The van der Waals surface area contributed by atoms with Crippen molar-refractivity contribution >= 4 is 17.0 Å². The molecule has 5 nitrogen and oxygen atoms in total. The van der Waals surface area contributed by atoms with Crippen LogP contribution in [0.25, 0.3) is 11.0 Å². The van der Waals surface area contributed by atoms with Crippen molar-refractivity contribution in [2.45, 2.75) is 20.4 Å². The zero-order valence-electron chi connectivity index (χ0n) is 12.2. The molecule has 0 atom stereocenters. The Morgan fingerprint density at radius 1 is 1.24 bits per heavy atom. The van der Waals surface area contributed by atoms with Crippen LogP contribution in [-0.4, -0.2) is 21.1 Å². The lowest BCUT2D eigenvalue weighted by Gasteiger charge is -2.07. The monoisotopic (exact) mass is 282 g/mol. The molecule has 0 spiro atoms. The second-order valence-electron chi connectivity index (χ2n) is 4.92. The highest BCUT2D eigenvalue weighted by atomic mass is 16.5. The highest BCUT2D eigenvalue weighted by Gasteiger charge is 2.12. The van der Waals surface area contributed by atoms with E-state index in [1.165, 1.54) is 0 Å². The number of hydrogen-bond acceptors (Lipinski definition) is 4. The predicted octanol–water partition coefficient (Wildman–Crippen LogP) is 2.77. The van der Waals surface area contributed by atoms with Gasteiger partial charge in [0.1, 0.15) is 11.3 Å². The number of hydrogen-bond donors (Lipinski definition) is 1. The van der Waals surface area contributed by atoms with Crippen LogP contribution in [0.2, 0.25) is 0 Å². The molecule has 0 aliphatic carbocycles. The van der Waals surface area contributed by atoms with Gasteiger partial charge in [-0.25, -0.2) is 4.98 Å². The van der Waals surface area contributed by atoms with Gasteiger partial charge < -0.3 is 15.0 Å². The van der Waals surface area contributed by atoms with Crippen LogP contribution in [-0.2, 0) is 6.54 Å². The Bertz CT molecular complexity index is 762. The van der Waals surface area contributed by atoms with Crippen molar-refractivity contribution in [2.24, 2.45) is 0 Å². The van der Waals surface area contributed by atoms with Gasteiger partial charge in [-0.1, -0.05) is 12.1 Å². The Balaban J connectivity index is 2.04. The molecule has 5 heteroatoms. The van der Waals surface area contributed by atoms with Gasteiger partial charge in [-0.3, -0.25) is 4.98 Å². The third-order valence-corrected chi connectivity index (χ3v) is 3.38. The van der Waals surface area contributed by atoms with Gasteiger partial charge in [0, 0.05) is 11.9 Å². The van der Waals surface area contributed by atoms with E-state index in [1.807, 2.05) is 48.9 Å². The van der Waals surface area contributed by atoms with Gasteiger partial charge in [0.05, 0.1) is 18.7 Å². The minimum Gasteiger partial charge on any atom is -0.492 e. The van der Waals surface area contributed by atoms with Crippen molar-refractivity contribution in [2.75, 3.05) is 12.3 Å².